The van der Waals surface area contributed by atoms with Crippen molar-refractivity contribution in [1.29, 1.82) is 0 Å². The molecule has 9 heteroatoms. The first-order valence-corrected chi connectivity index (χ1v) is 7.71. The molecule has 0 bridgehead atoms. The van der Waals surface area contributed by atoms with Crippen molar-refractivity contribution >= 4 is 17.3 Å². The van der Waals surface area contributed by atoms with Gasteiger partial charge in [-0.3, -0.25) is 10.1 Å². The van der Waals surface area contributed by atoms with Crippen LogP contribution in [-0.2, 0) is 0 Å². The monoisotopic (exact) mass is 335 g/mol. The van der Waals surface area contributed by atoms with Crippen LogP contribution >= 0.6 is 0 Å². The molecule has 5 N–H and O–H groups in total. The fourth-order valence-corrected chi connectivity index (χ4v) is 2.64. The van der Waals surface area contributed by atoms with Gasteiger partial charge in [-0.15, -0.1) is 0 Å². The van der Waals surface area contributed by atoms with E-state index in [-0.39, 0.29) is 11.9 Å². The number of aromatic amines is 1. The maximum Gasteiger partial charge on any atom is 0.186 e. The van der Waals surface area contributed by atoms with E-state index in [0.29, 0.717) is 11.5 Å². The smallest absolute Gasteiger partial charge is 0.186 e. The lowest BCUT2D eigenvalue weighted by Gasteiger charge is -2.26. The van der Waals surface area contributed by atoms with Gasteiger partial charge in [0.15, 0.2) is 11.6 Å². The summed E-state index contributed by atoms with van der Waals surface area (Å²) in [6, 6.07) is 3.76. The van der Waals surface area contributed by atoms with Gasteiger partial charge in [-0.25, -0.2) is 20.8 Å². The van der Waals surface area contributed by atoms with Gasteiger partial charge in [0.25, 0.3) is 0 Å². The van der Waals surface area contributed by atoms with Gasteiger partial charge in [-0.05, 0) is 18.6 Å². The predicted molar refractivity (Wildman–Crippen MR) is 94.3 cm³/mol. The summed E-state index contributed by atoms with van der Waals surface area (Å²) in [6.07, 6.45) is 10.6. The van der Waals surface area contributed by atoms with Gasteiger partial charge in [-0.1, -0.05) is 6.07 Å². The summed E-state index contributed by atoms with van der Waals surface area (Å²) in [7, 11) is 0. The van der Waals surface area contributed by atoms with Crippen LogP contribution in [0, 0.1) is 0 Å². The first-order chi connectivity index (χ1) is 12.1. The second-order valence-corrected chi connectivity index (χ2v) is 5.69. The lowest BCUT2D eigenvalue weighted by atomic mass is 10.1. The molecule has 0 saturated heterocycles. The highest BCUT2D eigenvalue weighted by molar-refractivity contribution is 5.65. The van der Waals surface area contributed by atoms with Crippen molar-refractivity contribution in [2.45, 2.75) is 13.0 Å². The van der Waals surface area contributed by atoms with E-state index in [1.807, 2.05) is 35.9 Å². The zero-order chi connectivity index (χ0) is 17.4. The number of hydrogen-bond acceptors (Lipinski definition) is 7. The molecule has 0 saturated carbocycles. The minimum Gasteiger partial charge on any atom is -0.381 e. The number of H-pyrrole nitrogens is 1. The van der Waals surface area contributed by atoms with Gasteiger partial charge in [0.1, 0.15) is 5.65 Å². The molecule has 1 atom stereocenters. The average molecular weight is 335 g/mol. The summed E-state index contributed by atoms with van der Waals surface area (Å²) < 4.78 is 1.94. The summed E-state index contributed by atoms with van der Waals surface area (Å²) in [5.74, 6) is 7.00. The molecule has 4 rings (SSSR count). The normalized spacial score (nSPS) is 12.4. The van der Waals surface area contributed by atoms with Crippen molar-refractivity contribution < 1.29 is 0 Å². The van der Waals surface area contributed by atoms with Gasteiger partial charge < -0.3 is 10.1 Å². The molecule has 9 nitrogen and oxygen atoms in total. The molecule has 4 heterocycles. The number of hydrazine groups is 1. The van der Waals surface area contributed by atoms with E-state index in [1.54, 1.807) is 24.8 Å². The quantitative estimate of drug-likeness (QED) is 0.381. The highest BCUT2D eigenvalue weighted by Crippen LogP contribution is 2.28. The Kier molecular flexibility index (Phi) is 3.55. The van der Waals surface area contributed by atoms with Crippen molar-refractivity contribution in [3.8, 4) is 11.3 Å². The Balaban J connectivity index is 1.69. The molecule has 0 aromatic carbocycles. The largest absolute Gasteiger partial charge is 0.381 e. The van der Waals surface area contributed by atoms with Crippen LogP contribution < -0.4 is 16.6 Å². The highest BCUT2D eigenvalue weighted by atomic mass is 15.5. The standard InChI is InChI=1S/C16H17N9/c1-10(11-2-3-14-19-4-5-24(14)9-11)25(18)16-15(17)20-8-13(23-16)12-6-21-22-7-12/h2-10H,18H2,1H3,(H2,17,20)(H,21,22). The molecule has 0 spiro atoms. The molecule has 4 aromatic heterocycles. The van der Waals surface area contributed by atoms with E-state index >= 15 is 0 Å². The maximum absolute atomic E-state index is 6.32. The SMILES string of the molecule is CC(c1ccc2nccn2c1)N(N)c1nc(-c2cn[nH]c2)cnc1N. The van der Waals surface area contributed by atoms with Gasteiger partial charge in [0.05, 0.1) is 24.1 Å². The molecule has 25 heavy (non-hydrogen) atoms. The van der Waals surface area contributed by atoms with Crippen LogP contribution in [-0.4, -0.2) is 29.5 Å². The third kappa shape index (κ3) is 2.66. The Bertz CT molecular complexity index is 1010. The van der Waals surface area contributed by atoms with Crippen molar-refractivity contribution in [2.75, 3.05) is 10.7 Å². The van der Waals surface area contributed by atoms with E-state index in [9.17, 15) is 0 Å². The van der Waals surface area contributed by atoms with E-state index in [4.69, 9.17) is 11.6 Å². The summed E-state index contributed by atoms with van der Waals surface area (Å²) >= 11 is 0. The van der Waals surface area contributed by atoms with Crippen molar-refractivity contribution in [3.63, 3.8) is 0 Å². The molecular formula is C16H17N9. The fraction of sp³-hybridized carbons (Fsp3) is 0.125. The lowest BCUT2D eigenvalue weighted by Crippen LogP contribution is -2.35. The number of fused-ring (bicyclic) bond motifs is 1. The Labute approximate surface area is 143 Å². The first-order valence-electron chi connectivity index (χ1n) is 7.71. The first kappa shape index (κ1) is 15.1. The number of rotatable bonds is 4. The molecule has 0 aliphatic heterocycles. The van der Waals surface area contributed by atoms with Crippen LogP contribution in [0.3, 0.4) is 0 Å². The van der Waals surface area contributed by atoms with Gasteiger partial charge in [0.2, 0.25) is 0 Å². The molecule has 0 aliphatic rings. The predicted octanol–water partition coefficient (Wildman–Crippen LogP) is 1.54. The summed E-state index contributed by atoms with van der Waals surface area (Å²) in [4.78, 5) is 13.0. The van der Waals surface area contributed by atoms with Gasteiger partial charge >= 0.3 is 0 Å². The van der Waals surface area contributed by atoms with Crippen LogP contribution in [0.15, 0.2) is 49.3 Å². The number of nitrogens with two attached hydrogens (primary N) is 2. The van der Waals surface area contributed by atoms with Crippen LogP contribution in [0.2, 0.25) is 0 Å². The summed E-state index contributed by atoms with van der Waals surface area (Å²) in [5, 5.41) is 8.19. The minimum absolute atomic E-state index is 0.164. The van der Waals surface area contributed by atoms with Crippen LogP contribution in [0.1, 0.15) is 18.5 Å². The maximum atomic E-state index is 6.32. The molecule has 4 aromatic rings. The third-order valence-corrected chi connectivity index (χ3v) is 4.13. The molecule has 0 radical (unpaired) electrons. The highest BCUT2D eigenvalue weighted by Gasteiger charge is 2.19. The second-order valence-electron chi connectivity index (χ2n) is 5.69. The van der Waals surface area contributed by atoms with Crippen molar-refractivity contribution in [1.82, 2.24) is 29.5 Å². The average Bonchev–Trinajstić information content (AvgIpc) is 3.31. The number of hydrogen-bond donors (Lipinski definition) is 3. The molecule has 1 unspecified atom stereocenters. The zero-order valence-corrected chi connectivity index (χ0v) is 13.5. The van der Waals surface area contributed by atoms with Crippen molar-refractivity contribution in [3.05, 3.63) is 54.9 Å². The lowest BCUT2D eigenvalue weighted by molar-refractivity contribution is 0.682. The second kappa shape index (κ2) is 5.87. The number of imidazole rings is 1. The van der Waals surface area contributed by atoms with Crippen LogP contribution in [0.5, 0.6) is 0 Å². The third-order valence-electron chi connectivity index (χ3n) is 4.13. The Morgan fingerprint density at radius 2 is 2.12 bits per heavy atom. The number of nitrogens with one attached hydrogen (secondary N) is 1. The number of pyridine rings is 1. The van der Waals surface area contributed by atoms with Crippen molar-refractivity contribution in [2.24, 2.45) is 5.84 Å². The number of aromatic nitrogens is 6. The number of anilines is 2. The molecular weight excluding hydrogens is 318 g/mol. The molecule has 0 amide bonds. The van der Waals surface area contributed by atoms with E-state index in [0.717, 1.165) is 16.8 Å². The topological polar surface area (TPSA) is 127 Å². The molecule has 0 fully saturated rings. The van der Waals surface area contributed by atoms with Crippen LogP contribution in [0.4, 0.5) is 11.6 Å². The Morgan fingerprint density at radius 1 is 1.24 bits per heavy atom. The van der Waals surface area contributed by atoms with E-state index in [1.165, 1.54) is 5.01 Å². The van der Waals surface area contributed by atoms with Gasteiger partial charge in [-0.2, -0.15) is 5.10 Å². The van der Waals surface area contributed by atoms with Gasteiger partial charge in [0, 0.05) is 30.4 Å². The fourth-order valence-electron chi connectivity index (χ4n) is 2.64. The van der Waals surface area contributed by atoms with E-state index < -0.39 is 0 Å². The Hall–Kier alpha value is -3.46. The summed E-state index contributed by atoms with van der Waals surface area (Å²) in [6.45, 7) is 1.98. The number of nitrogen functional groups attached to an aromatic ring is 1. The Morgan fingerprint density at radius 3 is 2.92 bits per heavy atom. The van der Waals surface area contributed by atoms with E-state index in [2.05, 4.69) is 25.1 Å². The number of nitrogens with zero attached hydrogens (tertiary/aromatic N) is 6. The molecule has 0 aliphatic carbocycles. The van der Waals surface area contributed by atoms with Crippen LogP contribution in [0.25, 0.3) is 16.9 Å². The summed E-state index contributed by atoms with van der Waals surface area (Å²) in [5.41, 5.74) is 9.34. The zero-order valence-electron chi connectivity index (χ0n) is 13.5. The molecule has 126 valence electrons. The minimum atomic E-state index is -0.164.